The Balaban J connectivity index is 2.40. The molecule has 0 aliphatic carbocycles. The maximum absolute atomic E-state index is 13.0. The number of carbonyl (C=O) groups excluding carboxylic acids is 2. The Labute approximate surface area is 110 Å². The molecule has 0 saturated carbocycles. The zero-order valence-electron chi connectivity index (χ0n) is 10.9. The molecule has 0 aromatic heterocycles. The van der Waals surface area contributed by atoms with Crippen LogP contribution in [0.2, 0.25) is 0 Å². The van der Waals surface area contributed by atoms with E-state index in [1.807, 2.05) is 6.92 Å². The van der Waals surface area contributed by atoms with Crippen molar-refractivity contribution in [2.75, 3.05) is 13.7 Å². The van der Waals surface area contributed by atoms with E-state index < -0.39 is 11.3 Å². The molecule has 1 aromatic rings. The fourth-order valence-corrected chi connectivity index (χ4v) is 2.71. The molecule has 1 N–H and O–H groups in total. The van der Waals surface area contributed by atoms with Crippen molar-refractivity contribution >= 4 is 11.8 Å². The second-order valence-electron chi connectivity index (χ2n) is 5.16. The molecule has 1 aromatic carbocycles. The highest BCUT2D eigenvalue weighted by Gasteiger charge is 2.46. The van der Waals surface area contributed by atoms with Crippen molar-refractivity contribution in [3.63, 3.8) is 0 Å². The zero-order chi connectivity index (χ0) is 14.0. The fraction of sp³-hybridized carbons (Fsp3) is 0.429. The number of piperidine rings is 1. The van der Waals surface area contributed by atoms with Crippen LogP contribution in [0.4, 0.5) is 4.39 Å². The molecule has 1 aliphatic heterocycles. The third kappa shape index (κ3) is 2.66. The van der Waals surface area contributed by atoms with Crippen molar-refractivity contribution in [3.05, 3.63) is 35.6 Å². The van der Waals surface area contributed by atoms with E-state index >= 15 is 0 Å². The molecule has 2 amide bonds. The van der Waals surface area contributed by atoms with E-state index in [2.05, 4.69) is 5.32 Å². The molecule has 4 nitrogen and oxygen atoms in total. The Morgan fingerprint density at radius 2 is 2.00 bits per heavy atom. The van der Waals surface area contributed by atoms with E-state index in [1.54, 1.807) is 12.1 Å². The number of hydrogen-bond acceptors (Lipinski definition) is 3. The third-order valence-corrected chi connectivity index (χ3v) is 3.46. The number of benzene rings is 1. The molecule has 2 atom stereocenters. The first-order valence-electron chi connectivity index (χ1n) is 6.04. The number of amides is 2. The fourth-order valence-electron chi connectivity index (χ4n) is 2.71. The summed E-state index contributed by atoms with van der Waals surface area (Å²) in [5.41, 5.74) is 0.0670. The number of rotatable bonds is 3. The van der Waals surface area contributed by atoms with Crippen LogP contribution in [0.5, 0.6) is 0 Å². The highest BCUT2D eigenvalue weighted by molar-refractivity contribution is 6.02. The van der Waals surface area contributed by atoms with Crippen LogP contribution in [0, 0.1) is 11.2 Å². The summed E-state index contributed by atoms with van der Waals surface area (Å²) in [5.74, 6) is -1.54. The van der Waals surface area contributed by atoms with Gasteiger partial charge in [-0.15, -0.1) is 0 Å². The number of hydrogen-bond donors (Lipinski definition) is 1. The topological polar surface area (TPSA) is 55.4 Å². The molecule has 2 unspecified atom stereocenters. The van der Waals surface area contributed by atoms with Crippen LogP contribution in [0.1, 0.15) is 24.8 Å². The standard InChI is InChI=1S/C14H16FNO3/c1-14(8-19-2)7-11(17)16-13(18)12(14)9-3-5-10(15)6-4-9/h3-6,12H,7-8H2,1-2H3,(H,16,17,18). The van der Waals surface area contributed by atoms with Gasteiger partial charge in [-0.25, -0.2) is 4.39 Å². The SMILES string of the molecule is COCC1(C)CC(=O)NC(=O)C1c1ccc(F)cc1. The summed E-state index contributed by atoms with van der Waals surface area (Å²) in [6.07, 6.45) is 0.203. The van der Waals surface area contributed by atoms with Gasteiger partial charge < -0.3 is 4.74 Å². The molecular weight excluding hydrogens is 249 g/mol. The van der Waals surface area contributed by atoms with Gasteiger partial charge in [0.05, 0.1) is 12.5 Å². The first-order valence-corrected chi connectivity index (χ1v) is 6.04. The Morgan fingerprint density at radius 3 is 2.58 bits per heavy atom. The van der Waals surface area contributed by atoms with Crippen molar-refractivity contribution in [1.29, 1.82) is 0 Å². The number of halogens is 1. The highest BCUT2D eigenvalue weighted by atomic mass is 19.1. The Morgan fingerprint density at radius 1 is 1.37 bits per heavy atom. The number of ether oxygens (including phenoxy) is 1. The molecule has 0 radical (unpaired) electrons. The van der Waals surface area contributed by atoms with Crippen molar-refractivity contribution in [2.45, 2.75) is 19.3 Å². The predicted octanol–water partition coefficient (Wildman–Crippen LogP) is 1.61. The summed E-state index contributed by atoms with van der Waals surface area (Å²) in [6, 6.07) is 5.77. The Bertz CT molecular complexity index is 500. The van der Waals surface area contributed by atoms with Gasteiger partial charge in [-0.05, 0) is 17.7 Å². The predicted molar refractivity (Wildman–Crippen MR) is 66.9 cm³/mol. The highest BCUT2D eigenvalue weighted by Crippen LogP contribution is 2.41. The molecule has 1 aliphatic rings. The van der Waals surface area contributed by atoms with Gasteiger partial charge in [-0.1, -0.05) is 19.1 Å². The first-order chi connectivity index (χ1) is 8.96. The summed E-state index contributed by atoms with van der Waals surface area (Å²) in [7, 11) is 1.53. The maximum atomic E-state index is 13.0. The van der Waals surface area contributed by atoms with Gasteiger partial charge >= 0.3 is 0 Å². The molecule has 1 heterocycles. The van der Waals surface area contributed by atoms with Crippen LogP contribution >= 0.6 is 0 Å². The molecule has 102 valence electrons. The quantitative estimate of drug-likeness (QED) is 0.845. The number of methoxy groups -OCH3 is 1. The lowest BCUT2D eigenvalue weighted by molar-refractivity contribution is -0.141. The summed E-state index contributed by atoms with van der Waals surface area (Å²) in [4.78, 5) is 23.6. The lowest BCUT2D eigenvalue weighted by atomic mass is 9.69. The normalized spacial score (nSPS) is 27.2. The van der Waals surface area contributed by atoms with Crippen molar-refractivity contribution < 1.29 is 18.7 Å². The van der Waals surface area contributed by atoms with Crippen molar-refractivity contribution in [1.82, 2.24) is 5.32 Å². The number of carbonyl (C=O) groups is 2. The average molecular weight is 265 g/mol. The summed E-state index contributed by atoms with van der Waals surface area (Å²) < 4.78 is 18.1. The van der Waals surface area contributed by atoms with Crippen LogP contribution in [-0.2, 0) is 14.3 Å². The summed E-state index contributed by atoms with van der Waals surface area (Å²) in [6.45, 7) is 2.12. The van der Waals surface area contributed by atoms with Gasteiger partial charge in [0.1, 0.15) is 5.82 Å². The molecule has 1 saturated heterocycles. The molecule has 1 fully saturated rings. The maximum Gasteiger partial charge on any atom is 0.234 e. The average Bonchev–Trinajstić information content (AvgIpc) is 2.30. The van der Waals surface area contributed by atoms with Crippen LogP contribution in [0.15, 0.2) is 24.3 Å². The minimum absolute atomic E-state index is 0.203. The molecule has 19 heavy (non-hydrogen) atoms. The van der Waals surface area contributed by atoms with Crippen molar-refractivity contribution in [2.24, 2.45) is 5.41 Å². The lowest BCUT2D eigenvalue weighted by Crippen LogP contribution is -2.51. The van der Waals surface area contributed by atoms with Gasteiger partial charge in [-0.3, -0.25) is 14.9 Å². The molecule has 0 bridgehead atoms. The van der Waals surface area contributed by atoms with E-state index in [-0.39, 0.29) is 30.7 Å². The van der Waals surface area contributed by atoms with E-state index in [1.165, 1.54) is 19.2 Å². The van der Waals surface area contributed by atoms with Crippen molar-refractivity contribution in [3.8, 4) is 0 Å². The minimum Gasteiger partial charge on any atom is -0.384 e. The Hall–Kier alpha value is -1.75. The van der Waals surface area contributed by atoms with Gasteiger partial charge in [0.15, 0.2) is 0 Å². The van der Waals surface area contributed by atoms with Gasteiger partial charge in [0.2, 0.25) is 11.8 Å². The molecule has 0 spiro atoms. The third-order valence-electron chi connectivity index (χ3n) is 3.46. The monoisotopic (exact) mass is 265 g/mol. The summed E-state index contributed by atoms with van der Waals surface area (Å²) in [5, 5.41) is 2.33. The first kappa shape index (κ1) is 13.7. The Kier molecular flexibility index (Phi) is 3.66. The van der Waals surface area contributed by atoms with Gasteiger partial charge in [0.25, 0.3) is 0 Å². The van der Waals surface area contributed by atoms with E-state index in [0.717, 1.165) is 0 Å². The van der Waals surface area contributed by atoms with Crippen LogP contribution in [0.25, 0.3) is 0 Å². The van der Waals surface area contributed by atoms with E-state index in [4.69, 9.17) is 4.74 Å². The molecule has 5 heteroatoms. The summed E-state index contributed by atoms with van der Waals surface area (Å²) >= 11 is 0. The van der Waals surface area contributed by atoms with Gasteiger partial charge in [-0.2, -0.15) is 0 Å². The molecule has 2 rings (SSSR count). The van der Waals surface area contributed by atoms with Crippen LogP contribution < -0.4 is 5.32 Å². The second-order valence-corrected chi connectivity index (χ2v) is 5.16. The zero-order valence-corrected chi connectivity index (χ0v) is 10.9. The van der Waals surface area contributed by atoms with E-state index in [9.17, 15) is 14.0 Å². The van der Waals surface area contributed by atoms with Gasteiger partial charge in [0, 0.05) is 18.9 Å². The molecular formula is C14H16FNO3. The number of imide groups is 1. The minimum atomic E-state index is -0.619. The van der Waals surface area contributed by atoms with E-state index in [0.29, 0.717) is 5.56 Å². The van der Waals surface area contributed by atoms with Crippen LogP contribution in [-0.4, -0.2) is 25.5 Å². The van der Waals surface area contributed by atoms with Crippen LogP contribution in [0.3, 0.4) is 0 Å². The largest absolute Gasteiger partial charge is 0.384 e. The lowest BCUT2D eigenvalue weighted by Gasteiger charge is -2.39. The second kappa shape index (κ2) is 5.09. The smallest absolute Gasteiger partial charge is 0.234 e. The number of nitrogens with one attached hydrogen (secondary N) is 1.